The number of benzene rings is 8. The van der Waals surface area contributed by atoms with Crippen LogP contribution < -0.4 is 0 Å². The maximum Gasteiger partial charge on any atom is 0.0880 e. The van der Waals surface area contributed by atoms with Gasteiger partial charge in [-0.1, -0.05) is 272 Å². The minimum absolute atomic E-state index is 0.0239. The SMILES string of the molecule is CCCCCCCCO[C@H]1Cc2c(-c3ccc4c(c3)C(c3ccccc3)(c3ccccc3)c3ccccc3-4)sc(-c3ccc4c(c3)C(c3ccccc3)(c3ccccc3)c3ccccc3-4)c2C[C@@H]1OCCCCCCCC. The first-order valence-corrected chi connectivity index (χ1v) is 30.1. The summed E-state index contributed by atoms with van der Waals surface area (Å²) in [4.78, 5) is 2.71. The molecule has 0 radical (unpaired) electrons. The lowest BCUT2D eigenvalue weighted by molar-refractivity contribution is -0.0781. The van der Waals surface area contributed by atoms with Crippen LogP contribution in [0.1, 0.15) is 147 Å². The first-order chi connectivity index (χ1) is 38.2. The van der Waals surface area contributed by atoms with Gasteiger partial charge in [0.05, 0.1) is 23.0 Å². The zero-order valence-electron chi connectivity index (χ0n) is 45.3. The zero-order chi connectivity index (χ0) is 52.0. The van der Waals surface area contributed by atoms with Gasteiger partial charge < -0.3 is 9.47 Å². The molecule has 0 spiro atoms. The predicted molar refractivity (Wildman–Crippen MR) is 323 cm³/mol. The third kappa shape index (κ3) is 9.37. The highest BCUT2D eigenvalue weighted by molar-refractivity contribution is 7.19. The molecule has 0 bridgehead atoms. The fraction of sp³-hybridized carbons (Fsp3) is 0.297. The number of ether oxygens (including phenoxy) is 2. The maximum absolute atomic E-state index is 7.14. The molecule has 9 aromatic rings. The van der Waals surface area contributed by atoms with Crippen LogP contribution in [-0.4, -0.2) is 25.4 Å². The summed E-state index contributed by atoms with van der Waals surface area (Å²) in [6.45, 7) is 6.14. The molecule has 0 aliphatic heterocycles. The fourth-order valence-corrected chi connectivity index (χ4v) is 15.2. The normalized spacial score (nSPS) is 16.3. The van der Waals surface area contributed by atoms with Crippen LogP contribution >= 0.6 is 11.3 Å². The van der Waals surface area contributed by atoms with Gasteiger partial charge in [0.25, 0.3) is 0 Å². The smallest absolute Gasteiger partial charge is 0.0880 e. The van der Waals surface area contributed by atoms with Gasteiger partial charge in [-0.2, -0.15) is 0 Å². The zero-order valence-corrected chi connectivity index (χ0v) is 46.1. The van der Waals surface area contributed by atoms with Crippen molar-refractivity contribution in [3.63, 3.8) is 0 Å². The van der Waals surface area contributed by atoms with Gasteiger partial charge >= 0.3 is 0 Å². The molecule has 8 aromatic carbocycles. The van der Waals surface area contributed by atoms with Crippen molar-refractivity contribution in [2.24, 2.45) is 0 Å². The second-order valence-electron chi connectivity index (χ2n) is 22.1. The monoisotopic (exact) mass is 1030 g/mol. The Morgan fingerprint density at radius 1 is 0.351 bits per heavy atom. The molecule has 2 nitrogen and oxygen atoms in total. The Balaban J connectivity index is 1.03. The summed E-state index contributed by atoms with van der Waals surface area (Å²) in [7, 11) is 0. The molecule has 77 heavy (non-hydrogen) atoms. The van der Waals surface area contributed by atoms with E-state index < -0.39 is 10.8 Å². The molecule has 1 aromatic heterocycles. The largest absolute Gasteiger partial charge is 0.375 e. The second-order valence-corrected chi connectivity index (χ2v) is 23.1. The molecule has 3 aliphatic rings. The summed E-state index contributed by atoms with van der Waals surface area (Å²) in [6.07, 6.45) is 16.5. The number of fused-ring (bicyclic) bond motifs is 7. The lowest BCUT2D eigenvalue weighted by Gasteiger charge is -2.34. The molecular weight excluding hydrogens is 953 g/mol. The van der Waals surface area contributed by atoms with E-state index in [1.165, 1.54) is 163 Å². The lowest BCUT2D eigenvalue weighted by atomic mass is 9.67. The molecule has 388 valence electrons. The van der Waals surface area contributed by atoms with Crippen molar-refractivity contribution in [1.82, 2.24) is 0 Å². The molecule has 0 unspecified atom stereocenters. The van der Waals surface area contributed by atoms with Crippen LogP contribution in [0.4, 0.5) is 0 Å². The summed E-state index contributed by atoms with van der Waals surface area (Å²) in [5.74, 6) is 0. The van der Waals surface area contributed by atoms with E-state index in [1.807, 2.05) is 11.3 Å². The van der Waals surface area contributed by atoms with E-state index in [0.29, 0.717) is 0 Å². The Morgan fingerprint density at radius 2 is 0.675 bits per heavy atom. The van der Waals surface area contributed by atoms with E-state index in [0.717, 1.165) is 38.9 Å². The third-order valence-corrected chi connectivity index (χ3v) is 18.8. The Hall–Kier alpha value is -6.62. The molecule has 12 rings (SSSR count). The van der Waals surface area contributed by atoms with E-state index >= 15 is 0 Å². The van der Waals surface area contributed by atoms with Crippen molar-refractivity contribution in [1.29, 1.82) is 0 Å². The summed E-state index contributed by atoms with van der Waals surface area (Å²) in [5, 5.41) is 0. The van der Waals surface area contributed by atoms with Crippen LogP contribution in [0.3, 0.4) is 0 Å². The quantitative estimate of drug-likeness (QED) is 0.0630. The van der Waals surface area contributed by atoms with Crippen LogP contribution in [0, 0.1) is 0 Å². The van der Waals surface area contributed by atoms with Gasteiger partial charge in [-0.25, -0.2) is 0 Å². The van der Waals surface area contributed by atoms with Gasteiger partial charge in [0.1, 0.15) is 0 Å². The Bertz CT molecular complexity index is 3100. The second kappa shape index (κ2) is 23.1. The maximum atomic E-state index is 7.14. The standard InChI is InChI=1S/C74H74O2S/c1-3-5-7-9-11-29-47-75-69-51-63-64(52-70(69)76-48-30-12-10-8-6-4-2)72(54-44-46-62-60-40-26-28-42-66(60)74(68(62)50-54,57-35-21-15-22-36-57)58-37-23-16-24-38-58)77-71(63)53-43-45-61-59-39-25-27-41-65(59)73(67(61)49-53,55-31-17-13-18-32-55)56-33-19-14-20-34-56/h13-28,31-46,49-50,69-70H,3-12,29-30,47-48,51-52H2,1-2H3/t69-,70-/m0/s1. The summed E-state index contributed by atoms with van der Waals surface area (Å²) < 4.78 is 14.3. The molecule has 2 atom stereocenters. The van der Waals surface area contributed by atoms with E-state index in [1.54, 1.807) is 0 Å². The van der Waals surface area contributed by atoms with Crippen molar-refractivity contribution < 1.29 is 9.47 Å². The van der Waals surface area contributed by atoms with Crippen LogP contribution in [0.2, 0.25) is 0 Å². The lowest BCUT2D eigenvalue weighted by Crippen LogP contribution is -2.39. The molecule has 1 heterocycles. The highest BCUT2D eigenvalue weighted by atomic mass is 32.1. The molecular formula is C74H74O2S. The van der Waals surface area contributed by atoms with E-state index in [-0.39, 0.29) is 12.2 Å². The Kier molecular flexibility index (Phi) is 15.4. The van der Waals surface area contributed by atoms with Gasteiger partial charge in [0.2, 0.25) is 0 Å². The van der Waals surface area contributed by atoms with Gasteiger partial charge in [-0.15, -0.1) is 11.3 Å². The topological polar surface area (TPSA) is 18.5 Å². The number of rotatable bonds is 22. The minimum atomic E-state index is -0.490. The fourth-order valence-electron chi connectivity index (χ4n) is 13.8. The number of hydrogen-bond acceptors (Lipinski definition) is 3. The highest BCUT2D eigenvalue weighted by Gasteiger charge is 2.48. The number of hydrogen-bond donors (Lipinski definition) is 0. The van der Waals surface area contributed by atoms with Gasteiger partial charge in [-0.05, 0) is 114 Å². The van der Waals surface area contributed by atoms with Crippen molar-refractivity contribution in [3.05, 3.63) is 262 Å². The molecule has 3 heteroatoms. The molecule has 0 N–H and O–H groups in total. The Labute approximate surface area is 463 Å². The van der Waals surface area contributed by atoms with Gasteiger partial charge in [-0.3, -0.25) is 0 Å². The average molecular weight is 1030 g/mol. The van der Waals surface area contributed by atoms with Crippen LogP contribution in [0.5, 0.6) is 0 Å². The molecule has 0 saturated carbocycles. The highest BCUT2D eigenvalue weighted by Crippen LogP contribution is 2.60. The molecule has 0 amide bonds. The molecule has 3 aliphatic carbocycles. The van der Waals surface area contributed by atoms with Crippen molar-refractivity contribution >= 4 is 11.3 Å². The first-order valence-electron chi connectivity index (χ1n) is 29.3. The summed E-state index contributed by atoms with van der Waals surface area (Å²) in [5.41, 5.74) is 20.2. The van der Waals surface area contributed by atoms with Crippen molar-refractivity contribution in [2.45, 2.75) is 127 Å². The van der Waals surface area contributed by atoms with Crippen molar-refractivity contribution in [3.8, 4) is 43.1 Å². The van der Waals surface area contributed by atoms with E-state index in [9.17, 15) is 0 Å². The molecule has 0 saturated heterocycles. The molecule has 0 fully saturated rings. The van der Waals surface area contributed by atoms with E-state index in [4.69, 9.17) is 9.47 Å². The Morgan fingerprint density at radius 3 is 1.05 bits per heavy atom. The number of thiophene rings is 1. The number of unbranched alkanes of at least 4 members (excludes halogenated alkanes) is 10. The van der Waals surface area contributed by atoms with Gasteiger partial charge in [0.15, 0.2) is 0 Å². The van der Waals surface area contributed by atoms with Crippen molar-refractivity contribution in [2.75, 3.05) is 13.2 Å². The minimum Gasteiger partial charge on any atom is -0.375 e. The average Bonchev–Trinajstić information content (AvgIpc) is 4.21. The van der Waals surface area contributed by atoms with Gasteiger partial charge in [0, 0.05) is 35.8 Å². The summed E-state index contributed by atoms with van der Waals surface area (Å²) in [6, 6.07) is 78.1. The third-order valence-electron chi connectivity index (χ3n) is 17.4. The summed E-state index contributed by atoms with van der Waals surface area (Å²) >= 11 is 2.00. The van der Waals surface area contributed by atoms with Crippen LogP contribution in [-0.2, 0) is 33.1 Å². The predicted octanol–water partition coefficient (Wildman–Crippen LogP) is 19.4. The van der Waals surface area contributed by atoms with Crippen LogP contribution in [0.25, 0.3) is 43.1 Å². The van der Waals surface area contributed by atoms with Crippen LogP contribution in [0.15, 0.2) is 206 Å². The van der Waals surface area contributed by atoms with E-state index in [2.05, 4.69) is 220 Å². The first kappa shape index (κ1) is 51.2.